The lowest BCUT2D eigenvalue weighted by Gasteiger charge is -2.21. The van der Waals surface area contributed by atoms with Crippen molar-refractivity contribution >= 4 is 21.9 Å². The topological polar surface area (TPSA) is 56.8 Å². The molecule has 0 bridgehead atoms. The Morgan fingerprint density at radius 3 is 2.48 bits per heavy atom. The standard InChI is InChI=1S/C15H22BrNO4/c1-15(2,3)17-8-10-6-11(16)14(12(7-10)19-4)21-9-13(18)20-5/h6-7,17H,8-9H2,1-5H3. The van der Waals surface area contributed by atoms with Crippen LogP contribution in [-0.2, 0) is 16.1 Å². The van der Waals surface area contributed by atoms with E-state index in [9.17, 15) is 4.79 Å². The van der Waals surface area contributed by atoms with Gasteiger partial charge in [-0.3, -0.25) is 0 Å². The van der Waals surface area contributed by atoms with E-state index in [0.29, 0.717) is 18.0 Å². The van der Waals surface area contributed by atoms with Crippen LogP contribution in [0.2, 0.25) is 0 Å². The van der Waals surface area contributed by atoms with Gasteiger partial charge >= 0.3 is 5.97 Å². The molecule has 0 saturated carbocycles. The fourth-order valence-corrected chi connectivity index (χ4v) is 2.18. The second-order valence-corrected chi connectivity index (χ2v) is 6.43. The van der Waals surface area contributed by atoms with Crippen LogP contribution in [0.1, 0.15) is 26.3 Å². The Kier molecular flexibility index (Phi) is 6.48. The van der Waals surface area contributed by atoms with E-state index in [1.54, 1.807) is 7.11 Å². The van der Waals surface area contributed by atoms with Crippen molar-refractivity contribution in [3.05, 3.63) is 22.2 Å². The van der Waals surface area contributed by atoms with E-state index in [1.165, 1.54) is 7.11 Å². The van der Waals surface area contributed by atoms with Gasteiger partial charge in [0, 0.05) is 12.1 Å². The minimum atomic E-state index is -0.442. The molecular weight excluding hydrogens is 338 g/mol. The van der Waals surface area contributed by atoms with Gasteiger partial charge in [0.1, 0.15) is 0 Å². The number of esters is 1. The maximum Gasteiger partial charge on any atom is 0.343 e. The minimum Gasteiger partial charge on any atom is -0.493 e. The van der Waals surface area contributed by atoms with Crippen LogP contribution >= 0.6 is 15.9 Å². The molecule has 0 radical (unpaired) electrons. The van der Waals surface area contributed by atoms with E-state index >= 15 is 0 Å². The number of methoxy groups -OCH3 is 2. The van der Waals surface area contributed by atoms with Gasteiger partial charge in [-0.25, -0.2) is 4.79 Å². The number of carbonyl (C=O) groups excluding carboxylic acids is 1. The summed E-state index contributed by atoms with van der Waals surface area (Å²) in [5.74, 6) is 0.615. The summed E-state index contributed by atoms with van der Waals surface area (Å²) in [7, 11) is 2.88. The van der Waals surface area contributed by atoms with Crippen molar-refractivity contribution in [2.24, 2.45) is 0 Å². The third-order valence-electron chi connectivity index (χ3n) is 2.67. The van der Waals surface area contributed by atoms with Crippen molar-refractivity contribution in [1.29, 1.82) is 0 Å². The van der Waals surface area contributed by atoms with Gasteiger partial charge in [-0.05, 0) is 54.4 Å². The zero-order valence-electron chi connectivity index (χ0n) is 13.1. The van der Waals surface area contributed by atoms with Gasteiger partial charge < -0.3 is 19.5 Å². The van der Waals surface area contributed by atoms with E-state index in [-0.39, 0.29) is 12.1 Å². The number of carbonyl (C=O) groups is 1. The van der Waals surface area contributed by atoms with Gasteiger partial charge in [0.05, 0.1) is 18.7 Å². The lowest BCUT2D eigenvalue weighted by atomic mass is 10.1. The van der Waals surface area contributed by atoms with Crippen molar-refractivity contribution in [2.75, 3.05) is 20.8 Å². The highest BCUT2D eigenvalue weighted by Gasteiger charge is 2.15. The first-order chi connectivity index (χ1) is 9.76. The predicted octanol–water partition coefficient (Wildman–Crippen LogP) is 2.90. The molecule has 1 N–H and O–H groups in total. The van der Waals surface area contributed by atoms with Crippen molar-refractivity contribution in [3.8, 4) is 11.5 Å². The zero-order valence-corrected chi connectivity index (χ0v) is 14.7. The third-order valence-corrected chi connectivity index (χ3v) is 3.26. The van der Waals surface area contributed by atoms with Crippen LogP contribution < -0.4 is 14.8 Å². The molecule has 21 heavy (non-hydrogen) atoms. The Morgan fingerprint density at radius 1 is 1.29 bits per heavy atom. The summed E-state index contributed by atoms with van der Waals surface area (Å²) in [6.45, 7) is 6.86. The smallest absolute Gasteiger partial charge is 0.343 e. The normalized spacial score (nSPS) is 11.1. The molecule has 0 fully saturated rings. The molecule has 0 unspecified atom stereocenters. The Hall–Kier alpha value is -1.27. The van der Waals surface area contributed by atoms with Crippen molar-refractivity contribution in [2.45, 2.75) is 32.9 Å². The Labute approximate surface area is 134 Å². The molecule has 0 atom stereocenters. The summed E-state index contributed by atoms with van der Waals surface area (Å²) in [4.78, 5) is 11.2. The van der Waals surface area contributed by atoms with E-state index in [0.717, 1.165) is 10.0 Å². The van der Waals surface area contributed by atoms with Gasteiger partial charge in [0.15, 0.2) is 18.1 Å². The molecule has 6 heteroatoms. The first kappa shape index (κ1) is 17.8. The van der Waals surface area contributed by atoms with Crippen LogP contribution in [0, 0.1) is 0 Å². The lowest BCUT2D eigenvalue weighted by Crippen LogP contribution is -2.35. The van der Waals surface area contributed by atoms with Crippen LogP contribution in [0.5, 0.6) is 11.5 Å². The number of rotatable bonds is 6. The van der Waals surface area contributed by atoms with Crippen LogP contribution in [-0.4, -0.2) is 32.3 Å². The molecule has 5 nitrogen and oxygen atoms in total. The number of halogens is 1. The van der Waals surface area contributed by atoms with Gasteiger partial charge in [-0.2, -0.15) is 0 Å². The van der Waals surface area contributed by atoms with E-state index in [1.807, 2.05) is 12.1 Å². The average molecular weight is 360 g/mol. The van der Waals surface area contributed by atoms with E-state index < -0.39 is 5.97 Å². The maximum absolute atomic E-state index is 11.2. The summed E-state index contributed by atoms with van der Waals surface area (Å²) in [6, 6.07) is 3.82. The lowest BCUT2D eigenvalue weighted by molar-refractivity contribution is -0.142. The van der Waals surface area contributed by atoms with Crippen molar-refractivity contribution in [3.63, 3.8) is 0 Å². The molecule has 0 saturated heterocycles. The van der Waals surface area contributed by atoms with Gasteiger partial charge in [-0.1, -0.05) is 0 Å². The van der Waals surface area contributed by atoms with E-state index in [4.69, 9.17) is 9.47 Å². The van der Waals surface area contributed by atoms with Gasteiger partial charge in [0.25, 0.3) is 0 Å². The Morgan fingerprint density at radius 2 is 1.95 bits per heavy atom. The molecule has 0 heterocycles. The molecule has 0 aliphatic heterocycles. The van der Waals surface area contributed by atoms with Crippen molar-refractivity contribution < 1.29 is 19.0 Å². The number of ether oxygens (including phenoxy) is 3. The fraction of sp³-hybridized carbons (Fsp3) is 0.533. The molecular formula is C15H22BrNO4. The molecule has 0 aliphatic carbocycles. The van der Waals surface area contributed by atoms with Crippen LogP contribution in [0.25, 0.3) is 0 Å². The summed E-state index contributed by atoms with van der Waals surface area (Å²) < 4.78 is 16.1. The highest BCUT2D eigenvalue weighted by atomic mass is 79.9. The summed E-state index contributed by atoms with van der Waals surface area (Å²) in [6.07, 6.45) is 0. The quantitative estimate of drug-likeness (QED) is 0.791. The summed E-state index contributed by atoms with van der Waals surface area (Å²) in [5.41, 5.74) is 1.08. The number of hydrogen-bond donors (Lipinski definition) is 1. The predicted molar refractivity (Wildman–Crippen MR) is 84.8 cm³/mol. The number of hydrogen-bond acceptors (Lipinski definition) is 5. The SMILES string of the molecule is COC(=O)COc1c(Br)cc(CNC(C)(C)C)cc1OC. The van der Waals surface area contributed by atoms with Gasteiger partial charge in [0.2, 0.25) is 0 Å². The second-order valence-electron chi connectivity index (χ2n) is 5.58. The first-order valence-corrected chi connectivity index (χ1v) is 7.37. The molecule has 0 aliphatic rings. The molecule has 1 aromatic rings. The molecule has 1 rings (SSSR count). The molecule has 0 amide bonds. The highest BCUT2D eigenvalue weighted by molar-refractivity contribution is 9.10. The van der Waals surface area contributed by atoms with E-state index in [2.05, 4.69) is 46.8 Å². The fourth-order valence-electron chi connectivity index (χ4n) is 1.57. The molecule has 0 aromatic heterocycles. The third kappa shape index (κ3) is 5.93. The molecule has 1 aromatic carbocycles. The van der Waals surface area contributed by atoms with Gasteiger partial charge in [-0.15, -0.1) is 0 Å². The first-order valence-electron chi connectivity index (χ1n) is 6.58. The minimum absolute atomic E-state index is 0.0275. The highest BCUT2D eigenvalue weighted by Crippen LogP contribution is 2.36. The largest absolute Gasteiger partial charge is 0.493 e. The number of nitrogens with one attached hydrogen (secondary N) is 1. The molecule has 0 spiro atoms. The molecule has 118 valence electrons. The van der Waals surface area contributed by atoms with Crippen LogP contribution in [0.4, 0.5) is 0 Å². The summed E-state index contributed by atoms with van der Waals surface area (Å²) in [5, 5.41) is 3.40. The zero-order chi connectivity index (χ0) is 16.0. The average Bonchev–Trinajstić information content (AvgIpc) is 2.42. The van der Waals surface area contributed by atoms with Crippen molar-refractivity contribution in [1.82, 2.24) is 5.32 Å². The monoisotopic (exact) mass is 359 g/mol. The maximum atomic E-state index is 11.2. The number of benzene rings is 1. The van der Waals surface area contributed by atoms with Crippen LogP contribution in [0.15, 0.2) is 16.6 Å². The Balaban J connectivity index is 2.89. The van der Waals surface area contributed by atoms with Crippen LogP contribution in [0.3, 0.4) is 0 Å². The Bertz CT molecular complexity index is 497. The summed E-state index contributed by atoms with van der Waals surface area (Å²) >= 11 is 3.45. The second kappa shape index (κ2) is 7.66.